The van der Waals surface area contributed by atoms with Crippen molar-refractivity contribution in [3.63, 3.8) is 0 Å². The number of aromatic nitrogens is 1. The molecule has 0 atom stereocenters. The van der Waals surface area contributed by atoms with Crippen molar-refractivity contribution in [2.75, 3.05) is 4.72 Å². The number of nitrogens with zero attached hydrogens (tertiary/aromatic N) is 1. The normalized spacial score (nSPS) is 11.2. The largest absolute Gasteiger partial charge is 0.315 e. The van der Waals surface area contributed by atoms with Crippen molar-refractivity contribution < 1.29 is 13.3 Å². The lowest BCUT2D eigenvalue weighted by Gasteiger charge is -2.06. The van der Waals surface area contributed by atoms with Gasteiger partial charge >= 0.3 is 4.87 Å². The molecule has 8 nitrogen and oxygen atoms in total. The van der Waals surface area contributed by atoms with Crippen LogP contribution in [0.5, 0.6) is 0 Å². The van der Waals surface area contributed by atoms with Crippen molar-refractivity contribution in [1.29, 1.82) is 0 Å². The zero-order valence-corrected chi connectivity index (χ0v) is 11.7. The number of nitro groups is 1. The fraction of sp³-hybridized carbons (Fsp3) is 0.100. The molecule has 0 fully saturated rings. The Morgan fingerprint density at radius 2 is 2.00 bits per heavy atom. The van der Waals surface area contributed by atoms with Gasteiger partial charge in [0.15, 0.2) is 4.21 Å². The standard InChI is InChI=1S/C10H9N3O5S2/c1-6-9(19-10(14)11-6)20(17,18)12-7-4-2-3-5-8(7)13(15)16/h2-5,12H,1H3,(H,11,14). The van der Waals surface area contributed by atoms with Gasteiger partial charge in [0.25, 0.3) is 15.7 Å². The molecule has 0 saturated heterocycles. The van der Waals surface area contributed by atoms with Gasteiger partial charge in [-0.05, 0) is 13.0 Å². The second-order valence-electron chi connectivity index (χ2n) is 3.81. The van der Waals surface area contributed by atoms with E-state index in [-0.39, 0.29) is 21.3 Å². The fourth-order valence-corrected chi connectivity index (χ4v) is 3.93. The minimum absolute atomic E-state index is 0.155. The second-order valence-corrected chi connectivity index (χ2v) is 6.67. The van der Waals surface area contributed by atoms with E-state index >= 15 is 0 Å². The molecule has 0 spiro atoms. The molecular weight excluding hydrogens is 306 g/mol. The first-order valence-corrected chi connectivity index (χ1v) is 7.57. The highest BCUT2D eigenvalue weighted by atomic mass is 32.2. The third kappa shape index (κ3) is 2.70. The Bertz CT molecular complexity index is 821. The van der Waals surface area contributed by atoms with Crippen LogP contribution < -0.4 is 9.60 Å². The number of hydrogen-bond donors (Lipinski definition) is 2. The number of aryl methyl sites for hydroxylation is 1. The second kappa shape index (κ2) is 5.06. The van der Waals surface area contributed by atoms with Crippen LogP contribution in [0.4, 0.5) is 11.4 Å². The number of thiazole rings is 1. The highest BCUT2D eigenvalue weighted by molar-refractivity contribution is 7.94. The topological polar surface area (TPSA) is 122 Å². The summed E-state index contributed by atoms with van der Waals surface area (Å²) in [4.78, 5) is 23.1. The van der Waals surface area contributed by atoms with Gasteiger partial charge in [0.2, 0.25) is 0 Å². The Morgan fingerprint density at radius 3 is 2.55 bits per heavy atom. The van der Waals surface area contributed by atoms with E-state index in [0.717, 1.165) is 0 Å². The summed E-state index contributed by atoms with van der Waals surface area (Å²) in [7, 11) is -4.05. The number of nitrogens with one attached hydrogen (secondary N) is 2. The lowest BCUT2D eigenvalue weighted by molar-refractivity contribution is -0.383. The minimum Gasteiger partial charge on any atom is -0.315 e. The lowest BCUT2D eigenvalue weighted by atomic mass is 10.3. The molecule has 2 aromatic rings. The van der Waals surface area contributed by atoms with Crippen LogP contribution in [0.3, 0.4) is 0 Å². The Morgan fingerprint density at radius 1 is 1.35 bits per heavy atom. The van der Waals surface area contributed by atoms with Crippen LogP contribution in [-0.4, -0.2) is 18.3 Å². The van der Waals surface area contributed by atoms with Gasteiger partial charge in [0.05, 0.1) is 4.92 Å². The number of benzene rings is 1. The summed E-state index contributed by atoms with van der Waals surface area (Å²) in [5, 5.41) is 10.8. The maximum Gasteiger partial charge on any atom is 0.306 e. The molecule has 0 aliphatic carbocycles. The molecule has 1 heterocycles. The first-order valence-electron chi connectivity index (χ1n) is 5.27. The van der Waals surface area contributed by atoms with Crippen LogP contribution in [0.1, 0.15) is 5.69 Å². The van der Waals surface area contributed by atoms with Gasteiger partial charge in [-0.15, -0.1) is 0 Å². The molecule has 20 heavy (non-hydrogen) atoms. The first kappa shape index (κ1) is 14.2. The van der Waals surface area contributed by atoms with Crippen LogP contribution in [0.15, 0.2) is 33.3 Å². The molecule has 0 bridgehead atoms. The number of H-pyrrole nitrogens is 1. The zero-order chi connectivity index (χ0) is 14.9. The molecule has 0 saturated carbocycles. The van der Waals surface area contributed by atoms with Gasteiger partial charge in [0, 0.05) is 11.8 Å². The smallest absolute Gasteiger partial charge is 0.306 e. The summed E-state index contributed by atoms with van der Waals surface area (Å²) in [5.41, 5.74) is -0.333. The lowest BCUT2D eigenvalue weighted by Crippen LogP contribution is -2.13. The molecule has 2 N–H and O–H groups in total. The predicted octanol–water partition coefficient (Wildman–Crippen LogP) is 1.45. The Balaban J connectivity index is 2.47. The number of para-hydroxylation sites is 2. The molecule has 1 aromatic carbocycles. The van der Waals surface area contributed by atoms with Gasteiger partial charge in [-0.3, -0.25) is 19.6 Å². The highest BCUT2D eigenvalue weighted by Gasteiger charge is 2.24. The van der Waals surface area contributed by atoms with Crippen LogP contribution in [0, 0.1) is 17.0 Å². The molecular formula is C10H9N3O5S2. The Kier molecular flexibility index (Phi) is 3.59. The van der Waals surface area contributed by atoms with E-state index in [1.165, 1.54) is 31.2 Å². The van der Waals surface area contributed by atoms with E-state index < -0.39 is 19.8 Å². The number of sulfonamides is 1. The average Bonchev–Trinajstić information content (AvgIpc) is 2.69. The van der Waals surface area contributed by atoms with Gasteiger partial charge in [-0.25, -0.2) is 8.42 Å². The Hall–Kier alpha value is -2.20. The summed E-state index contributed by atoms with van der Waals surface area (Å²) in [6, 6.07) is 5.36. The van der Waals surface area contributed by atoms with Crippen molar-refractivity contribution >= 4 is 32.7 Å². The summed E-state index contributed by atoms with van der Waals surface area (Å²) < 4.78 is 26.2. The van der Waals surface area contributed by atoms with Crippen LogP contribution in [0.2, 0.25) is 0 Å². The van der Waals surface area contributed by atoms with Crippen LogP contribution in [-0.2, 0) is 10.0 Å². The van der Waals surface area contributed by atoms with Crippen molar-refractivity contribution in [3.05, 3.63) is 49.7 Å². The molecule has 0 aliphatic rings. The van der Waals surface area contributed by atoms with Crippen LogP contribution >= 0.6 is 11.3 Å². The van der Waals surface area contributed by atoms with Crippen molar-refractivity contribution in [1.82, 2.24) is 4.98 Å². The summed E-state index contributed by atoms with van der Waals surface area (Å²) >= 11 is 0.523. The molecule has 106 valence electrons. The maximum absolute atomic E-state index is 12.1. The number of anilines is 1. The SMILES string of the molecule is Cc1[nH]c(=O)sc1S(=O)(=O)Nc1ccccc1[N+](=O)[O-]. The van der Waals surface area contributed by atoms with Gasteiger partial charge in [-0.2, -0.15) is 0 Å². The highest BCUT2D eigenvalue weighted by Crippen LogP contribution is 2.27. The molecule has 1 aromatic heterocycles. The summed E-state index contributed by atoms with van der Waals surface area (Å²) in [6.07, 6.45) is 0. The summed E-state index contributed by atoms with van der Waals surface area (Å²) in [6.45, 7) is 1.44. The molecule has 2 rings (SSSR count). The molecule has 0 unspecified atom stereocenters. The average molecular weight is 315 g/mol. The van der Waals surface area contributed by atoms with Crippen molar-refractivity contribution in [2.45, 2.75) is 11.1 Å². The molecule has 0 amide bonds. The fourth-order valence-electron chi connectivity index (χ4n) is 1.56. The number of hydrogen-bond acceptors (Lipinski definition) is 6. The molecule has 0 radical (unpaired) electrons. The van der Waals surface area contributed by atoms with E-state index in [4.69, 9.17) is 0 Å². The van der Waals surface area contributed by atoms with E-state index in [1.807, 2.05) is 0 Å². The van der Waals surface area contributed by atoms with E-state index in [2.05, 4.69) is 9.71 Å². The summed E-state index contributed by atoms with van der Waals surface area (Å²) in [5.74, 6) is 0. The number of aromatic amines is 1. The molecule has 10 heteroatoms. The van der Waals surface area contributed by atoms with Crippen molar-refractivity contribution in [2.24, 2.45) is 0 Å². The quantitative estimate of drug-likeness (QED) is 0.653. The predicted molar refractivity (Wildman–Crippen MR) is 73.6 cm³/mol. The van der Waals surface area contributed by atoms with Gasteiger partial charge in [-0.1, -0.05) is 23.5 Å². The van der Waals surface area contributed by atoms with E-state index in [1.54, 1.807) is 0 Å². The van der Waals surface area contributed by atoms with E-state index in [9.17, 15) is 23.3 Å². The monoisotopic (exact) mass is 315 g/mol. The zero-order valence-electron chi connectivity index (χ0n) is 10.1. The van der Waals surface area contributed by atoms with Crippen molar-refractivity contribution in [3.8, 4) is 0 Å². The first-order chi connectivity index (χ1) is 9.31. The third-order valence-electron chi connectivity index (χ3n) is 2.37. The van der Waals surface area contributed by atoms with Gasteiger partial charge < -0.3 is 4.98 Å². The number of nitro benzene ring substituents is 1. The third-order valence-corrected chi connectivity index (χ3v) is 5.34. The minimum atomic E-state index is -4.05. The Labute approximate surface area is 117 Å². The molecule has 0 aliphatic heterocycles. The maximum atomic E-state index is 12.1. The van der Waals surface area contributed by atoms with Crippen LogP contribution in [0.25, 0.3) is 0 Å². The van der Waals surface area contributed by atoms with E-state index in [0.29, 0.717) is 11.3 Å². The van der Waals surface area contributed by atoms with Gasteiger partial charge in [0.1, 0.15) is 5.69 Å². The number of rotatable bonds is 4.